The average Bonchev–Trinajstić information content (AvgIpc) is 3.38. The first-order valence-corrected chi connectivity index (χ1v) is 31.9. The Morgan fingerprint density at radius 2 is 0.766 bits per heavy atom. The number of benzene rings is 2. The molecule has 0 atom stereocenters. The lowest BCUT2D eigenvalue weighted by Crippen LogP contribution is -2.44. The Kier molecular flexibility index (Phi) is 24.1. The highest BCUT2D eigenvalue weighted by Crippen LogP contribution is 2.28. The molecule has 0 unspecified atom stereocenters. The molecule has 6 aliphatic rings. The molecule has 6 fully saturated rings. The van der Waals surface area contributed by atoms with E-state index in [1.807, 2.05) is 36.6 Å². The lowest BCUT2D eigenvalue weighted by Gasteiger charge is -2.35. The minimum absolute atomic E-state index is 0.100. The van der Waals surface area contributed by atoms with Crippen molar-refractivity contribution in [1.29, 1.82) is 0 Å². The van der Waals surface area contributed by atoms with E-state index in [-0.39, 0.29) is 42.1 Å². The topological polar surface area (TPSA) is 204 Å². The number of hydrogen-bond donors (Lipinski definition) is 1. The summed E-state index contributed by atoms with van der Waals surface area (Å²) in [6.45, 7) is 16.7. The number of hydrogen-bond acceptors (Lipinski definition) is 14. The largest absolute Gasteiger partial charge is 0.444 e. The highest BCUT2D eigenvalue weighted by Gasteiger charge is 2.33. The summed E-state index contributed by atoms with van der Waals surface area (Å²) >= 11 is 0. The Balaban J connectivity index is 0.000000188. The van der Waals surface area contributed by atoms with Crippen LogP contribution in [-0.4, -0.2) is 190 Å². The number of rotatable bonds is 14. The summed E-state index contributed by atoms with van der Waals surface area (Å²) in [5, 5.41) is 9.54. The van der Waals surface area contributed by atoms with Crippen LogP contribution in [0.2, 0.25) is 0 Å². The fourth-order valence-electron chi connectivity index (χ4n) is 11.2. The van der Waals surface area contributed by atoms with Crippen LogP contribution in [0.15, 0.2) is 60.7 Å². The van der Waals surface area contributed by atoms with E-state index in [9.17, 15) is 41.1 Å². The third-order valence-corrected chi connectivity index (χ3v) is 16.8. The molecule has 0 saturated carbocycles. The van der Waals surface area contributed by atoms with Gasteiger partial charge in [-0.3, -0.25) is 32.5 Å². The average molecular weight is 1120 g/mol. The number of likely N-dealkylation sites (tertiary alicyclic amines) is 6. The molecule has 2 aromatic carbocycles. The second-order valence-corrected chi connectivity index (χ2v) is 26.5. The first-order chi connectivity index (χ1) is 36.5. The fraction of sp³-hybridized carbons (Fsp3) is 0.719. The number of nitrogens with zero attached hydrogens (tertiary/aromatic N) is 6. The van der Waals surface area contributed by atoms with E-state index < -0.39 is 25.8 Å². The lowest BCUT2D eigenvalue weighted by molar-refractivity contribution is -0.135. The lowest BCUT2D eigenvalue weighted by atomic mass is 9.92. The van der Waals surface area contributed by atoms with Gasteiger partial charge in [-0.2, -0.15) is 16.8 Å². The van der Waals surface area contributed by atoms with Crippen molar-refractivity contribution >= 4 is 44.1 Å². The van der Waals surface area contributed by atoms with Gasteiger partial charge in [-0.15, -0.1) is 0 Å². The quantitative estimate of drug-likeness (QED) is 0.200. The SMILES string of the molecule is CC(C)(C)OC(=O)N1CCC(CC(=O)N2CCC(OS(C)(=O)=O)CC2)CC1.CS(=O)(=O)OC1CCN(C(=O)CC2CCN(Cc3ccccc3)CC2)CC1.O=C(CC1CCN(Cc2ccccc2)CC1)N1CCC(O)CC1. The van der Waals surface area contributed by atoms with Crippen LogP contribution < -0.4 is 0 Å². The Morgan fingerprint density at radius 1 is 0.468 bits per heavy atom. The minimum Gasteiger partial charge on any atom is -0.444 e. The van der Waals surface area contributed by atoms with E-state index in [0.29, 0.717) is 102 Å². The number of carbonyl (C=O) groups is 4. The fourth-order valence-corrected chi connectivity index (χ4v) is 12.5. The van der Waals surface area contributed by atoms with Gasteiger partial charge in [0.2, 0.25) is 17.7 Å². The third-order valence-electron chi connectivity index (χ3n) is 15.6. The number of aliphatic hydroxyl groups is 1. The summed E-state index contributed by atoms with van der Waals surface area (Å²) in [6.07, 6.45) is 12.5. The molecular formula is C57H90N6O12S2. The zero-order chi connectivity index (χ0) is 55.6. The van der Waals surface area contributed by atoms with Crippen LogP contribution in [0.25, 0.3) is 0 Å². The van der Waals surface area contributed by atoms with Crippen molar-refractivity contribution in [3.63, 3.8) is 0 Å². The van der Waals surface area contributed by atoms with Gasteiger partial charge < -0.3 is 29.4 Å². The standard InChI is InChI=1S/C20H30N2O4S.C19H28N2O2.C18H32N2O6S/c1-27(24,25)26-19-9-13-22(14-10-19)20(23)15-17-7-11-21(12-8-17)16-18-5-3-2-4-6-18;22-18-8-12-21(13-9-18)19(23)14-16-6-10-20(11-7-16)15-17-4-2-1-3-5-17;1-18(2,3)25-17(22)20-9-5-14(6-10-20)13-16(21)19-11-7-15(8-12-19)26-27(4,23)24/h2-6,17,19H,7-16H2,1H3;1-5,16,18,22H,6-15H2;14-15H,5-13H2,1-4H3. The number of aliphatic hydroxyl groups excluding tert-OH is 1. The van der Waals surface area contributed by atoms with Crippen molar-refractivity contribution in [2.75, 3.05) is 91.0 Å². The molecule has 18 nitrogen and oxygen atoms in total. The van der Waals surface area contributed by atoms with Crippen LogP contribution in [-0.2, 0) is 60.8 Å². The first kappa shape index (κ1) is 62.0. The molecule has 432 valence electrons. The summed E-state index contributed by atoms with van der Waals surface area (Å²) in [4.78, 5) is 61.9. The van der Waals surface area contributed by atoms with Crippen molar-refractivity contribution in [2.45, 2.75) is 154 Å². The van der Waals surface area contributed by atoms with E-state index >= 15 is 0 Å². The van der Waals surface area contributed by atoms with Gasteiger partial charge in [-0.1, -0.05) is 60.7 Å². The monoisotopic (exact) mass is 1110 g/mol. The summed E-state index contributed by atoms with van der Waals surface area (Å²) in [5.74, 6) is 1.84. The zero-order valence-corrected chi connectivity index (χ0v) is 48.3. The van der Waals surface area contributed by atoms with Crippen LogP contribution >= 0.6 is 0 Å². The molecule has 77 heavy (non-hydrogen) atoms. The van der Waals surface area contributed by atoms with Gasteiger partial charge in [-0.05, 0) is 153 Å². The van der Waals surface area contributed by atoms with Gasteiger partial charge >= 0.3 is 6.09 Å². The molecular weight excluding hydrogens is 1020 g/mol. The summed E-state index contributed by atoms with van der Waals surface area (Å²) in [7, 11) is -6.87. The van der Waals surface area contributed by atoms with Gasteiger partial charge in [0.05, 0.1) is 30.8 Å². The molecule has 20 heteroatoms. The van der Waals surface area contributed by atoms with E-state index in [4.69, 9.17) is 13.1 Å². The predicted molar refractivity (Wildman–Crippen MR) is 296 cm³/mol. The highest BCUT2D eigenvalue weighted by molar-refractivity contribution is 7.86. The van der Waals surface area contributed by atoms with Crippen molar-refractivity contribution in [3.8, 4) is 0 Å². The van der Waals surface area contributed by atoms with E-state index in [2.05, 4.69) is 64.4 Å². The molecule has 6 aliphatic heterocycles. The zero-order valence-electron chi connectivity index (χ0n) is 46.7. The van der Waals surface area contributed by atoms with E-state index in [0.717, 1.165) is 116 Å². The number of amides is 4. The Hall–Kier alpha value is -4.18. The van der Waals surface area contributed by atoms with E-state index in [1.165, 1.54) is 11.1 Å². The number of piperidine rings is 6. The summed E-state index contributed by atoms with van der Waals surface area (Å²) < 4.78 is 60.2. The summed E-state index contributed by atoms with van der Waals surface area (Å²) in [6, 6.07) is 21.1. The Bertz CT molecular complexity index is 2350. The second-order valence-electron chi connectivity index (χ2n) is 23.3. The van der Waals surface area contributed by atoms with Gasteiger partial charge in [0.1, 0.15) is 5.60 Å². The number of carbonyl (C=O) groups excluding carboxylic acids is 4. The van der Waals surface area contributed by atoms with Crippen molar-refractivity contribution in [3.05, 3.63) is 71.8 Å². The van der Waals surface area contributed by atoms with Gasteiger partial charge in [0, 0.05) is 84.7 Å². The van der Waals surface area contributed by atoms with Crippen molar-refractivity contribution in [1.82, 2.24) is 29.4 Å². The molecule has 8 rings (SSSR count). The summed E-state index contributed by atoms with van der Waals surface area (Å²) in [5.41, 5.74) is 2.21. The van der Waals surface area contributed by atoms with Crippen LogP contribution in [0, 0.1) is 17.8 Å². The molecule has 4 amide bonds. The predicted octanol–water partition coefficient (Wildman–Crippen LogP) is 6.52. The van der Waals surface area contributed by atoms with E-state index in [1.54, 1.807) is 9.80 Å². The molecule has 0 bridgehead atoms. The van der Waals surface area contributed by atoms with Crippen LogP contribution in [0.1, 0.15) is 128 Å². The van der Waals surface area contributed by atoms with Crippen molar-refractivity contribution in [2.24, 2.45) is 17.8 Å². The molecule has 0 aromatic heterocycles. The van der Waals surface area contributed by atoms with Crippen LogP contribution in [0.3, 0.4) is 0 Å². The second kappa shape index (κ2) is 29.9. The normalized spacial score (nSPS) is 20.9. The molecule has 0 radical (unpaired) electrons. The Labute approximate surface area is 460 Å². The smallest absolute Gasteiger partial charge is 0.410 e. The van der Waals surface area contributed by atoms with Gasteiger partial charge in [0.15, 0.2) is 0 Å². The maximum atomic E-state index is 12.6. The van der Waals surface area contributed by atoms with Crippen LogP contribution in [0.4, 0.5) is 4.79 Å². The highest BCUT2D eigenvalue weighted by atomic mass is 32.2. The third kappa shape index (κ3) is 23.2. The number of ether oxygens (including phenoxy) is 1. The van der Waals surface area contributed by atoms with Gasteiger partial charge in [0.25, 0.3) is 20.2 Å². The molecule has 2 aromatic rings. The first-order valence-electron chi connectivity index (χ1n) is 28.3. The minimum atomic E-state index is -3.45. The van der Waals surface area contributed by atoms with Crippen molar-refractivity contribution < 1.29 is 54.2 Å². The van der Waals surface area contributed by atoms with Gasteiger partial charge in [-0.25, -0.2) is 4.79 Å². The molecule has 6 saturated heterocycles. The maximum Gasteiger partial charge on any atom is 0.410 e. The molecule has 0 aliphatic carbocycles. The molecule has 6 heterocycles. The molecule has 1 N–H and O–H groups in total. The maximum absolute atomic E-state index is 12.6. The van der Waals surface area contributed by atoms with Crippen LogP contribution in [0.5, 0.6) is 0 Å². The Morgan fingerprint density at radius 3 is 1.08 bits per heavy atom. The molecule has 0 spiro atoms.